The van der Waals surface area contributed by atoms with Gasteiger partial charge in [-0.25, -0.2) is 4.68 Å². The van der Waals surface area contributed by atoms with Gasteiger partial charge in [-0.2, -0.15) is 24.9 Å². The molecule has 1 N–H and O–H groups in total. The van der Waals surface area contributed by atoms with Crippen LogP contribution in [0.5, 0.6) is 0 Å². The topological polar surface area (TPSA) is 37.8 Å². The van der Waals surface area contributed by atoms with Crippen LogP contribution in [0.3, 0.4) is 0 Å². The van der Waals surface area contributed by atoms with Crippen molar-refractivity contribution < 1.29 is 13.2 Å². The number of aromatic nitrogens is 2. The molecule has 100 valence electrons. The number of hydrogen-bond acceptors (Lipinski definition) is 2. The summed E-state index contributed by atoms with van der Waals surface area (Å²) in [6, 6.07) is 4.54. The highest BCUT2D eigenvalue weighted by Crippen LogP contribution is 2.30. The zero-order valence-electron chi connectivity index (χ0n) is 9.62. The molecule has 19 heavy (non-hydrogen) atoms. The summed E-state index contributed by atoms with van der Waals surface area (Å²) in [7, 11) is 0. The first kappa shape index (κ1) is 12.4. The van der Waals surface area contributed by atoms with Gasteiger partial charge in [-0.3, -0.25) is 9.89 Å². The van der Waals surface area contributed by atoms with Crippen molar-refractivity contribution >= 4 is 11.8 Å². The number of aromatic amines is 1. The van der Waals surface area contributed by atoms with Crippen LogP contribution in [-0.2, 0) is 17.7 Å². The maximum Gasteiger partial charge on any atom is 0.416 e. The second-order valence-corrected chi connectivity index (χ2v) is 5.23. The Morgan fingerprint density at radius 3 is 2.42 bits per heavy atom. The van der Waals surface area contributed by atoms with Crippen LogP contribution in [0.25, 0.3) is 5.69 Å². The number of fused-ring (bicyclic) bond motifs is 1. The molecule has 0 saturated heterocycles. The van der Waals surface area contributed by atoms with Gasteiger partial charge in [0.05, 0.1) is 22.5 Å². The van der Waals surface area contributed by atoms with E-state index >= 15 is 0 Å². The fourth-order valence-corrected chi connectivity index (χ4v) is 3.07. The molecule has 2 heterocycles. The summed E-state index contributed by atoms with van der Waals surface area (Å²) in [4.78, 5) is 12.0. The summed E-state index contributed by atoms with van der Waals surface area (Å²) < 4.78 is 38.7. The lowest BCUT2D eigenvalue weighted by molar-refractivity contribution is -0.137. The molecule has 1 aromatic heterocycles. The molecule has 0 spiro atoms. The van der Waals surface area contributed by atoms with Crippen molar-refractivity contribution in [3.8, 4) is 5.69 Å². The quantitative estimate of drug-likeness (QED) is 0.875. The first-order chi connectivity index (χ1) is 8.97. The van der Waals surface area contributed by atoms with E-state index in [1.54, 1.807) is 11.8 Å². The smallest absolute Gasteiger partial charge is 0.294 e. The van der Waals surface area contributed by atoms with Crippen molar-refractivity contribution in [2.24, 2.45) is 0 Å². The van der Waals surface area contributed by atoms with Gasteiger partial charge in [0.25, 0.3) is 5.56 Å². The van der Waals surface area contributed by atoms with Crippen molar-refractivity contribution in [2.45, 2.75) is 17.7 Å². The van der Waals surface area contributed by atoms with Gasteiger partial charge in [0.15, 0.2) is 0 Å². The summed E-state index contributed by atoms with van der Waals surface area (Å²) in [5.74, 6) is 1.39. The van der Waals surface area contributed by atoms with Crippen LogP contribution in [-0.4, -0.2) is 9.78 Å². The van der Waals surface area contributed by atoms with Crippen LogP contribution in [0.15, 0.2) is 29.1 Å². The second-order valence-electron chi connectivity index (χ2n) is 4.25. The van der Waals surface area contributed by atoms with E-state index in [0.717, 1.165) is 23.6 Å². The molecule has 1 aromatic carbocycles. The number of benzene rings is 1. The molecule has 0 fully saturated rings. The molecule has 0 radical (unpaired) electrons. The van der Waals surface area contributed by atoms with E-state index in [2.05, 4.69) is 5.10 Å². The molecule has 0 atom stereocenters. The summed E-state index contributed by atoms with van der Waals surface area (Å²) in [6.45, 7) is 0. The monoisotopic (exact) mass is 286 g/mol. The molecule has 0 aliphatic carbocycles. The van der Waals surface area contributed by atoms with Crippen LogP contribution in [0, 0.1) is 0 Å². The molecule has 3 nitrogen and oxygen atoms in total. The Morgan fingerprint density at radius 2 is 1.84 bits per heavy atom. The predicted octanol–water partition coefficient (Wildman–Crippen LogP) is 2.93. The molecule has 0 bridgehead atoms. The SMILES string of the molecule is O=c1c2c([nH]n1-c1ccc(C(F)(F)F)cc1)CSC2. The lowest BCUT2D eigenvalue weighted by atomic mass is 10.2. The minimum Gasteiger partial charge on any atom is -0.294 e. The molecule has 3 rings (SSSR count). The van der Waals surface area contributed by atoms with E-state index in [4.69, 9.17) is 0 Å². The van der Waals surface area contributed by atoms with E-state index < -0.39 is 11.7 Å². The van der Waals surface area contributed by atoms with Crippen LogP contribution in [0.2, 0.25) is 0 Å². The van der Waals surface area contributed by atoms with Gasteiger partial charge in [0.2, 0.25) is 0 Å². The molecular weight excluding hydrogens is 277 g/mol. The van der Waals surface area contributed by atoms with E-state index in [9.17, 15) is 18.0 Å². The normalized spacial score (nSPS) is 14.7. The third kappa shape index (κ3) is 2.07. The maximum absolute atomic E-state index is 12.5. The minimum atomic E-state index is -4.36. The highest BCUT2D eigenvalue weighted by atomic mass is 32.2. The first-order valence-corrected chi connectivity index (χ1v) is 6.70. The summed E-state index contributed by atoms with van der Waals surface area (Å²) in [5, 5.41) is 2.94. The predicted molar refractivity (Wildman–Crippen MR) is 66.4 cm³/mol. The van der Waals surface area contributed by atoms with Crippen molar-refractivity contribution in [3.63, 3.8) is 0 Å². The van der Waals surface area contributed by atoms with Crippen LogP contribution >= 0.6 is 11.8 Å². The minimum absolute atomic E-state index is 0.181. The summed E-state index contributed by atoms with van der Waals surface area (Å²) in [5.41, 5.74) is 1.08. The number of thioether (sulfide) groups is 1. The van der Waals surface area contributed by atoms with E-state index in [1.807, 2.05) is 0 Å². The van der Waals surface area contributed by atoms with Crippen molar-refractivity contribution in [1.29, 1.82) is 0 Å². The fourth-order valence-electron chi connectivity index (χ4n) is 2.02. The highest BCUT2D eigenvalue weighted by molar-refractivity contribution is 7.98. The number of halogens is 3. The Balaban J connectivity index is 2.02. The second kappa shape index (κ2) is 4.19. The van der Waals surface area contributed by atoms with Crippen LogP contribution in [0.4, 0.5) is 13.2 Å². The van der Waals surface area contributed by atoms with Gasteiger partial charge in [-0.1, -0.05) is 0 Å². The molecule has 1 aliphatic rings. The Hall–Kier alpha value is -1.63. The third-order valence-corrected chi connectivity index (χ3v) is 4.00. The number of rotatable bonds is 1. The van der Waals surface area contributed by atoms with Gasteiger partial charge in [0.1, 0.15) is 0 Å². The molecular formula is C12H9F3N2OS. The Kier molecular flexibility index (Phi) is 2.74. The number of nitrogens with one attached hydrogen (secondary N) is 1. The zero-order chi connectivity index (χ0) is 13.6. The van der Waals surface area contributed by atoms with Crippen LogP contribution in [0.1, 0.15) is 16.8 Å². The number of H-pyrrole nitrogens is 1. The van der Waals surface area contributed by atoms with Crippen molar-refractivity contribution in [2.75, 3.05) is 0 Å². The summed E-state index contributed by atoms with van der Waals surface area (Å²) >= 11 is 1.64. The summed E-state index contributed by atoms with van der Waals surface area (Å²) in [6.07, 6.45) is -4.36. The first-order valence-electron chi connectivity index (χ1n) is 5.55. The Bertz CT molecular complexity index is 670. The van der Waals surface area contributed by atoms with Gasteiger partial charge >= 0.3 is 6.18 Å². The number of hydrogen-bond donors (Lipinski definition) is 1. The highest BCUT2D eigenvalue weighted by Gasteiger charge is 2.30. The van der Waals surface area contributed by atoms with Crippen molar-refractivity contribution in [1.82, 2.24) is 9.78 Å². The fraction of sp³-hybridized carbons (Fsp3) is 0.250. The molecule has 7 heteroatoms. The molecule has 0 amide bonds. The van der Waals surface area contributed by atoms with Crippen molar-refractivity contribution in [3.05, 3.63) is 51.4 Å². The van der Waals surface area contributed by atoms with E-state index in [1.165, 1.54) is 16.8 Å². The largest absolute Gasteiger partial charge is 0.416 e. The van der Waals surface area contributed by atoms with Crippen LogP contribution < -0.4 is 5.56 Å². The maximum atomic E-state index is 12.5. The molecule has 0 unspecified atom stereocenters. The van der Waals surface area contributed by atoms with Gasteiger partial charge < -0.3 is 0 Å². The Labute approximate surface area is 110 Å². The average molecular weight is 286 g/mol. The standard InChI is InChI=1S/C12H9F3N2OS/c13-12(14,15)7-1-3-8(4-2-7)17-11(18)9-5-19-6-10(9)16-17/h1-4,16H,5-6H2. The number of alkyl halides is 3. The molecule has 2 aromatic rings. The third-order valence-electron chi connectivity index (χ3n) is 3.02. The average Bonchev–Trinajstić information content (AvgIpc) is 2.92. The Morgan fingerprint density at radius 1 is 1.16 bits per heavy atom. The van der Waals surface area contributed by atoms with Gasteiger partial charge in [0, 0.05) is 11.5 Å². The molecule has 1 aliphatic heterocycles. The molecule has 0 saturated carbocycles. The lowest BCUT2D eigenvalue weighted by Crippen LogP contribution is -2.17. The zero-order valence-corrected chi connectivity index (χ0v) is 10.4. The van der Waals surface area contributed by atoms with E-state index in [0.29, 0.717) is 17.0 Å². The number of nitrogens with zero attached hydrogens (tertiary/aromatic N) is 1. The van der Waals surface area contributed by atoms with Gasteiger partial charge in [-0.05, 0) is 24.3 Å². The van der Waals surface area contributed by atoms with Gasteiger partial charge in [-0.15, -0.1) is 0 Å². The van der Waals surface area contributed by atoms with E-state index in [-0.39, 0.29) is 5.56 Å². The lowest BCUT2D eigenvalue weighted by Gasteiger charge is -2.07.